The third kappa shape index (κ3) is 4.04. The third-order valence-corrected chi connectivity index (χ3v) is 3.74. The number of ether oxygens (including phenoxy) is 1. The van der Waals surface area contributed by atoms with Gasteiger partial charge in [0.15, 0.2) is 11.6 Å². The number of pyridine rings is 1. The number of anilines is 1. The lowest BCUT2D eigenvalue weighted by molar-refractivity contribution is 0.0992. The first-order valence-electron chi connectivity index (χ1n) is 8.27. The van der Waals surface area contributed by atoms with E-state index in [1.54, 1.807) is 24.3 Å². The molecule has 0 spiro atoms. The summed E-state index contributed by atoms with van der Waals surface area (Å²) >= 11 is 0. The summed E-state index contributed by atoms with van der Waals surface area (Å²) in [5.74, 6) is 0.930. The van der Waals surface area contributed by atoms with E-state index in [9.17, 15) is 9.18 Å². The number of nitrogens with one attached hydrogen (secondary N) is 1. The third-order valence-electron chi connectivity index (χ3n) is 3.74. The van der Waals surface area contributed by atoms with Crippen molar-refractivity contribution in [3.05, 3.63) is 84.7 Å². The minimum atomic E-state index is -0.414. The summed E-state index contributed by atoms with van der Waals surface area (Å²) in [6, 6.07) is 12.2. The zero-order valence-corrected chi connectivity index (χ0v) is 14.4. The first-order chi connectivity index (χ1) is 13.7. The molecule has 0 aliphatic carbocycles. The predicted molar refractivity (Wildman–Crippen MR) is 96.5 cm³/mol. The quantitative estimate of drug-likeness (QED) is 0.553. The fraction of sp³-hybridized carbons (Fsp3) is 0.0526. The molecule has 1 aromatic carbocycles. The minimum absolute atomic E-state index is 0.118. The van der Waals surface area contributed by atoms with Gasteiger partial charge in [-0.1, -0.05) is 0 Å². The van der Waals surface area contributed by atoms with Crippen molar-refractivity contribution in [1.82, 2.24) is 19.7 Å². The summed E-state index contributed by atoms with van der Waals surface area (Å²) in [6.45, 7) is 0.118. The van der Waals surface area contributed by atoms with Crippen LogP contribution in [0.4, 0.5) is 10.1 Å². The van der Waals surface area contributed by atoms with Crippen LogP contribution >= 0.6 is 0 Å². The average molecular weight is 379 g/mol. The Morgan fingerprint density at radius 3 is 2.71 bits per heavy atom. The molecule has 0 aliphatic rings. The van der Waals surface area contributed by atoms with Crippen LogP contribution in [0.5, 0.6) is 5.75 Å². The van der Waals surface area contributed by atoms with E-state index in [0.29, 0.717) is 23.0 Å². The van der Waals surface area contributed by atoms with Gasteiger partial charge >= 0.3 is 0 Å². The molecule has 0 radical (unpaired) electrons. The molecular weight excluding hydrogens is 365 g/mol. The summed E-state index contributed by atoms with van der Waals surface area (Å²) in [6.07, 6.45) is 4.45. The minimum Gasteiger partial charge on any atom is -0.486 e. The highest BCUT2D eigenvalue weighted by Crippen LogP contribution is 2.16. The topological polar surface area (TPSA) is 95.1 Å². The van der Waals surface area contributed by atoms with Crippen LogP contribution < -0.4 is 10.1 Å². The number of carbonyl (C=O) groups excluding carboxylic acids is 1. The van der Waals surface area contributed by atoms with Gasteiger partial charge in [0.2, 0.25) is 0 Å². The molecule has 0 atom stereocenters. The first-order valence-corrected chi connectivity index (χ1v) is 8.27. The van der Waals surface area contributed by atoms with Crippen LogP contribution in [-0.2, 0) is 6.61 Å². The Labute approximate surface area is 158 Å². The Morgan fingerprint density at radius 2 is 2.00 bits per heavy atom. The Balaban J connectivity index is 1.35. The summed E-state index contributed by atoms with van der Waals surface area (Å²) in [7, 11) is 0. The summed E-state index contributed by atoms with van der Waals surface area (Å²) in [5, 5.41) is 6.68. The van der Waals surface area contributed by atoms with Crippen molar-refractivity contribution in [3.63, 3.8) is 0 Å². The number of hydrogen-bond donors (Lipinski definition) is 1. The fourth-order valence-electron chi connectivity index (χ4n) is 2.38. The van der Waals surface area contributed by atoms with Crippen molar-refractivity contribution >= 4 is 11.6 Å². The van der Waals surface area contributed by atoms with Crippen molar-refractivity contribution in [2.45, 2.75) is 6.61 Å². The summed E-state index contributed by atoms with van der Waals surface area (Å²) < 4.78 is 25.4. The number of hydrogen-bond acceptors (Lipinski definition) is 6. The van der Waals surface area contributed by atoms with E-state index < -0.39 is 5.91 Å². The molecule has 140 valence electrons. The average Bonchev–Trinajstić information content (AvgIpc) is 3.40. The maximum atomic E-state index is 12.9. The molecule has 3 aromatic heterocycles. The van der Waals surface area contributed by atoms with Crippen LogP contribution in [0.15, 0.2) is 71.8 Å². The molecule has 1 amide bonds. The molecule has 1 N–H and O–H groups in total. The number of rotatable bonds is 6. The number of nitrogens with zero attached hydrogens (tertiary/aromatic N) is 4. The van der Waals surface area contributed by atoms with Gasteiger partial charge in [0, 0.05) is 0 Å². The molecule has 0 saturated carbocycles. The van der Waals surface area contributed by atoms with Crippen LogP contribution in [0.2, 0.25) is 0 Å². The van der Waals surface area contributed by atoms with Gasteiger partial charge in [-0.15, -0.1) is 0 Å². The van der Waals surface area contributed by atoms with Gasteiger partial charge < -0.3 is 14.5 Å². The maximum absolute atomic E-state index is 12.9. The lowest BCUT2D eigenvalue weighted by Crippen LogP contribution is -2.11. The zero-order chi connectivity index (χ0) is 19.3. The lowest BCUT2D eigenvalue weighted by Gasteiger charge is -2.05. The Hall–Kier alpha value is -4.01. The standard InChI is InChI=1S/C19H14FN5O3/c20-13-1-4-15(5-2-13)27-10-16-6-7-17(28-16)19(26)24-14-3-8-18(22-9-14)25-12-21-11-23-25/h1-9,11-12H,10H2,(H,24,26). The van der Waals surface area contributed by atoms with E-state index in [1.165, 1.54) is 47.8 Å². The molecule has 0 saturated heterocycles. The second-order valence-corrected chi connectivity index (χ2v) is 5.71. The summed E-state index contributed by atoms with van der Waals surface area (Å²) in [5.41, 5.74) is 0.509. The molecule has 28 heavy (non-hydrogen) atoms. The number of benzene rings is 1. The first kappa shape index (κ1) is 17.4. The van der Waals surface area contributed by atoms with E-state index in [0.717, 1.165) is 0 Å². The van der Waals surface area contributed by atoms with Crippen molar-refractivity contribution in [2.24, 2.45) is 0 Å². The molecular formula is C19H14FN5O3. The van der Waals surface area contributed by atoms with E-state index in [1.807, 2.05) is 0 Å². The highest BCUT2D eigenvalue weighted by molar-refractivity contribution is 6.02. The Morgan fingerprint density at radius 1 is 1.14 bits per heavy atom. The number of carbonyl (C=O) groups is 1. The van der Waals surface area contributed by atoms with E-state index >= 15 is 0 Å². The molecule has 9 heteroatoms. The molecule has 8 nitrogen and oxygen atoms in total. The van der Waals surface area contributed by atoms with Crippen LogP contribution in [0.25, 0.3) is 5.82 Å². The van der Waals surface area contributed by atoms with Gasteiger partial charge in [0.25, 0.3) is 5.91 Å². The molecule has 0 fully saturated rings. The molecule has 0 aliphatic heterocycles. The molecule has 4 rings (SSSR count). The van der Waals surface area contributed by atoms with Crippen LogP contribution in [0, 0.1) is 5.82 Å². The van der Waals surface area contributed by atoms with Gasteiger partial charge in [-0.25, -0.2) is 19.0 Å². The fourth-order valence-corrected chi connectivity index (χ4v) is 2.38. The monoisotopic (exact) mass is 379 g/mol. The van der Waals surface area contributed by atoms with Crippen molar-refractivity contribution in [1.29, 1.82) is 0 Å². The Kier molecular flexibility index (Phi) is 4.79. The summed E-state index contributed by atoms with van der Waals surface area (Å²) in [4.78, 5) is 20.4. The molecule has 0 bridgehead atoms. The second-order valence-electron chi connectivity index (χ2n) is 5.71. The van der Waals surface area contributed by atoms with E-state index in [2.05, 4.69) is 20.4 Å². The van der Waals surface area contributed by atoms with Crippen molar-refractivity contribution < 1.29 is 18.3 Å². The lowest BCUT2D eigenvalue weighted by atomic mass is 10.3. The molecule has 0 unspecified atom stereocenters. The van der Waals surface area contributed by atoms with Crippen molar-refractivity contribution in [2.75, 3.05) is 5.32 Å². The van der Waals surface area contributed by atoms with E-state index in [-0.39, 0.29) is 18.2 Å². The van der Waals surface area contributed by atoms with Crippen molar-refractivity contribution in [3.8, 4) is 11.6 Å². The van der Waals surface area contributed by atoms with Crippen LogP contribution in [-0.4, -0.2) is 25.7 Å². The maximum Gasteiger partial charge on any atom is 0.291 e. The Bertz CT molecular complexity index is 1060. The van der Waals surface area contributed by atoms with Gasteiger partial charge in [-0.3, -0.25) is 4.79 Å². The van der Waals surface area contributed by atoms with Gasteiger partial charge in [0.1, 0.15) is 36.6 Å². The van der Waals surface area contributed by atoms with Gasteiger partial charge in [-0.2, -0.15) is 5.10 Å². The normalized spacial score (nSPS) is 10.6. The van der Waals surface area contributed by atoms with Gasteiger partial charge in [0.05, 0.1) is 11.9 Å². The smallest absolute Gasteiger partial charge is 0.291 e. The number of amides is 1. The molecule has 4 aromatic rings. The highest BCUT2D eigenvalue weighted by atomic mass is 19.1. The van der Waals surface area contributed by atoms with E-state index in [4.69, 9.17) is 9.15 Å². The molecule has 3 heterocycles. The number of aromatic nitrogens is 4. The van der Waals surface area contributed by atoms with Crippen LogP contribution in [0.1, 0.15) is 16.3 Å². The SMILES string of the molecule is O=C(Nc1ccc(-n2cncn2)nc1)c1ccc(COc2ccc(F)cc2)o1. The predicted octanol–water partition coefficient (Wildman–Crippen LogP) is 3.23. The largest absolute Gasteiger partial charge is 0.486 e. The second kappa shape index (κ2) is 7.70. The number of halogens is 1. The van der Waals surface area contributed by atoms with Crippen LogP contribution in [0.3, 0.4) is 0 Å². The zero-order valence-electron chi connectivity index (χ0n) is 14.4. The van der Waals surface area contributed by atoms with Gasteiger partial charge in [-0.05, 0) is 48.5 Å². The number of furan rings is 1. The highest BCUT2D eigenvalue weighted by Gasteiger charge is 2.12.